The number of benzene rings is 1. The van der Waals surface area contributed by atoms with Crippen molar-refractivity contribution < 1.29 is 13.6 Å². The van der Waals surface area contributed by atoms with Gasteiger partial charge in [-0.3, -0.25) is 9.36 Å². The van der Waals surface area contributed by atoms with E-state index in [1.165, 1.54) is 17.8 Å². The molecule has 3 aromatic rings. The van der Waals surface area contributed by atoms with E-state index in [2.05, 4.69) is 27.3 Å². The molecule has 1 aliphatic heterocycles. The quantitative estimate of drug-likeness (QED) is 0.517. The smallest absolute Gasteiger partial charge is 0.237 e. The molecule has 0 saturated carbocycles. The fourth-order valence-corrected chi connectivity index (χ4v) is 4.48. The zero-order valence-corrected chi connectivity index (χ0v) is 19.4. The number of piperidine rings is 1. The number of aromatic nitrogens is 3. The monoisotopic (exact) mass is 457 g/mol. The van der Waals surface area contributed by atoms with Crippen LogP contribution in [0.4, 0.5) is 16.0 Å². The van der Waals surface area contributed by atoms with Crippen molar-refractivity contribution in [2.45, 2.75) is 50.6 Å². The van der Waals surface area contributed by atoms with Gasteiger partial charge >= 0.3 is 0 Å². The van der Waals surface area contributed by atoms with Crippen LogP contribution < -0.4 is 10.2 Å². The number of rotatable bonds is 7. The Kier molecular flexibility index (Phi) is 6.83. The van der Waals surface area contributed by atoms with Crippen molar-refractivity contribution in [2.24, 2.45) is 5.92 Å². The van der Waals surface area contributed by atoms with Crippen molar-refractivity contribution in [1.82, 2.24) is 14.8 Å². The Labute approximate surface area is 191 Å². The molecule has 1 unspecified atom stereocenters. The number of furan rings is 1. The Hall–Kier alpha value is -2.81. The van der Waals surface area contributed by atoms with Crippen LogP contribution in [0.5, 0.6) is 0 Å². The van der Waals surface area contributed by atoms with Crippen molar-refractivity contribution in [1.29, 1.82) is 0 Å². The lowest BCUT2D eigenvalue weighted by Gasteiger charge is -2.31. The van der Waals surface area contributed by atoms with Crippen LogP contribution in [0.25, 0.3) is 0 Å². The number of anilines is 2. The second-order valence-electron chi connectivity index (χ2n) is 8.33. The lowest BCUT2D eigenvalue weighted by Crippen LogP contribution is -2.35. The van der Waals surface area contributed by atoms with Crippen LogP contribution in [0.2, 0.25) is 0 Å². The van der Waals surface area contributed by atoms with E-state index in [0.29, 0.717) is 28.9 Å². The van der Waals surface area contributed by atoms with Crippen LogP contribution >= 0.6 is 11.8 Å². The van der Waals surface area contributed by atoms with Gasteiger partial charge in [-0.1, -0.05) is 24.8 Å². The lowest BCUT2D eigenvalue weighted by molar-refractivity contribution is -0.115. The number of thioether (sulfide) groups is 1. The average molecular weight is 458 g/mol. The molecule has 1 atom stereocenters. The van der Waals surface area contributed by atoms with Gasteiger partial charge in [-0.25, -0.2) is 4.39 Å². The second kappa shape index (κ2) is 9.77. The molecule has 1 saturated heterocycles. The molecule has 7 nitrogen and oxygen atoms in total. The van der Waals surface area contributed by atoms with E-state index in [1.54, 1.807) is 32.2 Å². The summed E-state index contributed by atoms with van der Waals surface area (Å²) < 4.78 is 21.4. The summed E-state index contributed by atoms with van der Waals surface area (Å²) in [6.07, 6.45) is 3.87. The number of nitrogens with zero attached hydrogens (tertiary/aromatic N) is 4. The predicted octanol–water partition coefficient (Wildman–Crippen LogP) is 4.72. The zero-order chi connectivity index (χ0) is 22.7. The van der Waals surface area contributed by atoms with Crippen molar-refractivity contribution in [3.8, 4) is 0 Å². The Morgan fingerprint density at radius 2 is 2.09 bits per heavy atom. The van der Waals surface area contributed by atoms with E-state index in [4.69, 9.17) is 4.42 Å². The summed E-state index contributed by atoms with van der Waals surface area (Å²) in [7, 11) is 0. The number of amides is 1. The van der Waals surface area contributed by atoms with Crippen molar-refractivity contribution >= 4 is 29.3 Å². The van der Waals surface area contributed by atoms with Gasteiger partial charge < -0.3 is 14.6 Å². The highest BCUT2D eigenvalue weighted by Crippen LogP contribution is 2.29. The summed E-state index contributed by atoms with van der Waals surface area (Å²) >= 11 is 1.33. The molecular weight excluding hydrogens is 429 g/mol. The van der Waals surface area contributed by atoms with E-state index < -0.39 is 5.25 Å². The van der Waals surface area contributed by atoms with Crippen molar-refractivity contribution in [2.75, 3.05) is 23.3 Å². The number of nitrogens with one attached hydrogen (secondary N) is 1. The Morgan fingerprint density at radius 1 is 1.31 bits per heavy atom. The standard InChI is InChI=1S/C23H28FN5O2S/c1-15-8-10-28(11-9-15)22-26-27-23(29(22)14-19-5-4-12-31-19)32-17(3)21(30)25-18-7-6-16(2)20(24)13-18/h4-7,12-13,15,17H,8-11,14H2,1-3H3,(H,25,30). The first-order valence-electron chi connectivity index (χ1n) is 10.8. The Balaban J connectivity index is 1.51. The Morgan fingerprint density at radius 3 is 2.78 bits per heavy atom. The molecule has 1 N–H and O–H groups in total. The summed E-state index contributed by atoms with van der Waals surface area (Å²) in [5, 5.41) is 11.8. The third-order valence-electron chi connectivity index (χ3n) is 5.75. The summed E-state index contributed by atoms with van der Waals surface area (Å²) in [6, 6.07) is 8.45. The van der Waals surface area contributed by atoms with Gasteiger partial charge in [-0.05, 0) is 62.4 Å². The van der Waals surface area contributed by atoms with Crippen LogP contribution in [0.15, 0.2) is 46.2 Å². The molecule has 1 aromatic carbocycles. The van der Waals surface area contributed by atoms with Crippen LogP contribution in [0.3, 0.4) is 0 Å². The molecule has 1 fully saturated rings. The minimum Gasteiger partial charge on any atom is -0.467 e. The van der Waals surface area contributed by atoms with Gasteiger partial charge in [0, 0.05) is 18.8 Å². The lowest BCUT2D eigenvalue weighted by atomic mass is 10.00. The largest absolute Gasteiger partial charge is 0.467 e. The maximum Gasteiger partial charge on any atom is 0.237 e. The van der Waals surface area contributed by atoms with E-state index in [9.17, 15) is 9.18 Å². The summed E-state index contributed by atoms with van der Waals surface area (Å²) in [6.45, 7) is 8.10. The van der Waals surface area contributed by atoms with E-state index in [1.807, 2.05) is 16.7 Å². The minimum absolute atomic E-state index is 0.223. The number of aryl methyl sites for hydroxylation is 1. The predicted molar refractivity (Wildman–Crippen MR) is 124 cm³/mol. The van der Waals surface area contributed by atoms with Gasteiger partial charge in [0.1, 0.15) is 11.6 Å². The molecule has 0 bridgehead atoms. The normalized spacial score (nSPS) is 15.7. The first-order chi connectivity index (χ1) is 15.4. The third-order valence-corrected chi connectivity index (χ3v) is 6.83. The third kappa shape index (κ3) is 5.15. The SMILES string of the molecule is Cc1ccc(NC(=O)C(C)Sc2nnc(N3CCC(C)CC3)n2Cc2ccco2)cc1F. The molecule has 4 rings (SSSR count). The van der Waals surface area contributed by atoms with Gasteiger partial charge in [0.25, 0.3) is 0 Å². The number of halogens is 1. The number of carbonyl (C=O) groups is 1. The highest BCUT2D eigenvalue weighted by atomic mass is 32.2. The van der Waals surface area contributed by atoms with Crippen LogP contribution in [-0.4, -0.2) is 39.0 Å². The van der Waals surface area contributed by atoms with Crippen LogP contribution in [-0.2, 0) is 11.3 Å². The van der Waals surface area contributed by atoms with E-state index in [0.717, 1.165) is 37.6 Å². The average Bonchev–Trinajstić information content (AvgIpc) is 3.42. The molecule has 3 heterocycles. The van der Waals surface area contributed by atoms with Crippen molar-refractivity contribution in [3.05, 3.63) is 53.7 Å². The summed E-state index contributed by atoms with van der Waals surface area (Å²) in [5.74, 6) is 1.73. The topological polar surface area (TPSA) is 76.2 Å². The molecule has 32 heavy (non-hydrogen) atoms. The summed E-state index contributed by atoms with van der Waals surface area (Å²) in [5.41, 5.74) is 0.974. The van der Waals surface area contributed by atoms with Gasteiger partial charge in [-0.2, -0.15) is 0 Å². The fourth-order valence-electron chi connectivity index (χ4n) is 3.63. The number of carbonyl (C=O) groups excluding carboxylic acids is 1. The first-order valence-corrected chi connectivity index (χ1v) is 11.7. The number of hydrogen-bond acceptors (Lipinski definition) is 6. The molecule has 1 aliphatic rings. The molecule has 170 valence electrons. The fraction of sp³-hybridized carbons (Fsp3) is 0.435. The first kappa shape index (κ1) is 22.4. The van der Waals surface area contributed by atoms with Gasteiger partial charge in [0.2, 0.25) is 11.9 Å². The van der Waals surface area contributed by atoms with Gasteiger partial charge in [0.05, 0.1) is 18.1 Å². The minimum atomic E-state index is -0.451. The number of hydrogen-bond donors (Lipinski definition) is 1. The molecular formula is C23H28FN5O2S. The zero-order valence-electron chi connectivity index (χ0n) is 18.5. The highest BCUT2D eigenvalue weighted by Gasteiger charge is 2.25. The molecule has 1 amide bonds. The summed E-state index contributed by atoms with van der Waals surface area (Å²) in [4.78, 5) is 15.0. The van der Waals surface area contributed by atoms with Gasteiger partial charge in [0.15, 0.2) is 5.16 Å². The van der Waals surface area contributed by atoms with E-state index in [-0.39, 0.29) is 11.7 Å². The second-order valence-corrected chi connectivity index (χ2v) is 9.64. The van der Waals surface area contributed by atoms with Crippen LogP contribution in [0.1, 0.15) is 38.0 Å². The molecule has 2 aromatic heterocycles. The highest BCUT2D eigenvalue weighted by molar-refractivity contribution is 8.00. The van der Waals surface area contributed by atoms with Gasteiger partial charge in [-0.15, -0.1) is 10.2 Å². The molecule has 0 aliphatic carbocycles. The van der Waals surface area contributed by atoms with Crippen molar-refractivity contribution in [3.63, 3.8) is 0 Å². The molecule has 9 heteroatoms. The van der Waals surface area contributed by atoms with E-state index >= 15 is 0 Å². The molecule has 0 spiro atoms. The maximum absolute atomic E-state index is 13.8. The van der Waals surface area contributed by atoms with Crippen LogP contribution in [0, 0.1) is 18.7 Å². The Bertz CT molecular complexity index is 1060. The maximum atomic E-state index is 13.8. The molecule has 0 radical (unpaired) electrons.